The summed E-state index contributed by atoms with van der Waals surface area (Å²) < 4.78 is 16.3. The molecule has 0 radical (unpaired) electrons. The first-order valence-electron chi connectivity index (χ1n) is 10.7. The summed E-state index contributed by atoms with van der Waals surface area (Å²) >= 11 is 0.700. The zero-order valence-corrected chi connectivity index (χ0v) is 19.6. The topological polar surface area (TPSA) is 135 Å². The summed E-state index contributed by atoms with van der Waals surface area (Å²) in [4.78, 5) is 50.1. The van der Waals surface area contributed by atoms with Crippen molar-refractivity contribution < 1.29 is 38.2 Å². The first-order valence-corrected chi connectivity index (χ1v) is 11.5. The van der Waals surface area contributed by atoms with Crippen LogP contribution in [0, 0.1) is 6.92 Å². The number of benzene rings is 2. The van der Waals surface area contributed by atoms with Crippen LogP contribution in [0.1, 0.15) is 21.7 Å². The molecule has 36 heavy (non-hydrogen) atoms. The molecule has 0 spiro atoms. The number of ether oxygens (including phenoxy) is 2. The molecule has 3 aromatic rings. The molecule has 0 atom stereocenters. The lowest BCUT2D eigenvalue weighted by Gasteiger charge is -2.12. The highest BCUT2D eigenvalue weighted by Crippen LogP contribution is 2.35. The Hall–Kier alpha value is -4.51. The van der Waals surface area contributed by atoms with Crippen molar-refractivity contribution in [3.8, 4) is 22.8 Å². The van der Waals surface area contributed by atoms with E-state index in [0.29, 0.717) is 51.6 Å². The van der Waals surface area contributed by atoms with Crippen LogP contribution in [0.5, 0.6) is 11.5 Å². The van der Waals surface area contributed by atoms with E-state index in [2.05, 4.69) is 5.32 Å². The first kappa shape index (κ1) is 23.2. The fraction of sp³-hybridized carbons (Fsp3) is 0.120. The van der Waals surface area contributed by atoms with E-state index in [4.69, 9.17) is 13.9 Å². The number of thioether (sulfide) groups is 1. The van der Waals surface area contributed by atoms with Crippen LogP contribution in [0.15, 0.2) is 57.9 Å². The number of carboxylic acid groups (broad SMARTS) is 1. The van der Waals surface area contributed by atoms with E-state index in [9.17, 15) is 24.3 Å². The van der Waals surface area contributed by atoms with Crippen molar-refractivity contribution in [1.29, 1.82) is 0 Å². The molecule has 1 aromatic heterocycles. The largest absolute Gasteiger partial charge is 0.478 e. The number of imide groups is 1. The molecule has 0 unspecified atom stereocenters. The molecule has 0 bridgehead atoms. The zero-order valence-electron chi connectivity index (χ0n) is 18.8. The summed E-state index contributed by atoms with van der Waals surface area (Å²) in [7, 11) is 0. The normalized spacial score (nSPS) is 15.6. The summed E-state index contributed by atoms with van der Waals surface area (Å²) in [5, 5.41) is 11.4. The van der Waals surface area contributed by atoms with E-state index < -0.39 is 29.6 Å². The van der Waals surface area contributed by atoms with Gasteiger partial charge in [-0.25, -0.2) is 4.79 Å². The minimum absolute atomic E-state index is 0.0986. The number of furan rings is 1. The Bertz CT molecular complexity index is 1460. The summed E-state index contributed by atoms with van der Waals surface area (Å²) in [6.45, 7) is 1.32. The molecule has 182 valence electrons. The lowest BCUT2D eigenvalue weighted by molar-refractivity contribution is -0.127. The zero-order chi connectivity index (χ0) is 25.4. The van der Waals surface area contributed by atoms with Crippen molar-refractivity contribution in [2.75, 3.05) is 18.7 Å². The minimum Gasteiger partial charge on any atom is -0.478 e. The smallest absolute Gasteiger partial charge is 0.335 e. The predicted molar refractivity (Wildman–Crippen MR) is 130 cm³/mol. The first-order chi connectivity index (χ1) is 17.3. The van der Waals surface area contributed by atoms with Crippen molar-refractivity contribution >= 4 is 46.5 Å². The second-order valence-electron chi connectivity index (χ2n) is 7.87. The number of carboxylic acids is 1. The Kier molecular flexibility index (Phi) is 5.98. The third-order valence-corrected chi connectivity index (χ3v) is 6.47. The molecule has 2 aliphatic heterocycles. The molecule has 0 aliphatic carbocycles. The molecule has 3 heterocycles. The maximum Gasteiger partial charge on any atom is 0.335 e. The molecule has 1 fully saturated rings. The predicted octanol–water partition coefficient (Wildman–Crippen LogP) is 4.36. The molecule has 0 saturated carbocycles. The van der Waals surface area contributed by atoms with Gasteiger partial charge in [0, 0.05) is 23.4 Å². The fourth-order valence-corrected chi connectivity index (χ4v) is 4.61. The van der Waals surface area contributed by atoms with Gasteiger partial charge in [-0.2, -0.15) is 0 Å². The van der Waals surface area contributed by atoms with Crippen LogP contribution in [0.3, 0.4) is 0 Å². The van der Waals surface area contributed by atoms with E-state index >= 15 is 0 Å². The van der Waals surface area contributed by atoms with Crippen LogP contribution >= 0.6 is 11.8 Å². The molecule has 2 aliphatic rings. The lowest BCUT2D eigenvalue weighted by atomic mass is 10.0. The van der Waals surface area contributed by atoms with Gasteiger partial charge in [-0.3, -0.25) is 19.3 Å². The lowest BCUT2D eigenvalue weighted by Crippen LogP contribution is -2.36. The van der Waals surface area contributed by atoms with Gasteiger partial charge in [0.2, 0.25) is 12.7 Å². The number of hydrogen-bond acceptors (Lipinski definition) is 8. The molecule has 11 heteroatoms. The van der Waals surface area contributed by atoms with Gasteiger partial charge in [0.25, 0.3) is 11.1 Å². The highest BCUT2D eigenvalue weighted by atomic mass is 32.2. The molecule has 10 nitrogen and oxygen atoms in total. The van der Waals surface area contributed by atoms with Gasteiger partial charge in [0.05, 0.1) is 10.5 Å². The highest BCUT2D eigenvalue weighted by Gasteiger charge is 2.36. The standard InChI is InChI=1S/C25H18N2O8S/c1-13-16(3-2-4-17(13)24(30)31)18-8-6-15(35-18)10-21-23(29)27(25(32)36-21)11-22(28)26-14-5-7-19-20(9-14)34-12-33-19/h2-10H,11-12H2,1H3,(H,26,28)(H,30,31)/b21-10+. The maximum atomic E-state index is 12.8. The van der Waals surface area contributed by atoms with Gasteiger partial charge < -0.3 is 24.3 Å². The number of rotatable bonds is 6. The van der Waals surface area contributed by atoms with E-state index in [1.807, 2.05) is 0 Å². The van der Waals surface area contributed by atoms with Crippen molar-refractivity contribution in [3.63, 3.8) is 0 Å². The number of amides is 3. The number of aromatic carboxylic acids is 1. The second-order valence-corrected chi connectivity index (χ2v) is 8.86. The Morgan fingerprint density at radius 3 is 2.72 bits per heavy atom. The van der Waals surface area contributed by atoms with E-state index in [-0.39, 0.29) is 17.3 Å². The van der Waals surface area contributed by atoms with Crippen LogP contribution < -0.4 is 14.8 Å². The Balaban J connectivity index is 1.28. The van der Waals surface area contributed by atoms with Gasteiger partial charge in [-0.15, -0.1) is 0 Å². The van der Waals surface area contributed by atoms with Crippen LogP contribution in [-0.2, 0) is 9.59 Å². The minimum atomic E-state index is -1.04. The molecular formula is C25H18N2O8S. The molecule has 5 rings (SSSR count). The third-order valence-electron chi connectivity index (χ3n) is 5.56. The van der Waals surface area contributed by atoms with Crippen LogP contribution in [0.2, 0.25) is 0 Å². The van der Waals surface area contributed by atoms with Crippen LogP contribution in [0.4, 0.5) is 10.5 Å². The number of nitrogens with one attached hydrogen (secondary N) is 1. The summed E-state index contributed by atoms with van der Waals surface area (Å²) in [5.41, 5.74) is 1.74. The number of anilines is 1. The van der Waals surface area contributed by atoms with Crippen molar-refractivity contribution in [2.24, 2.45) is 0 Å². The molecule has 1 saturated heterocycles. The monoisotopic (exact) mass is 506 g/mol. The number of carbonyl (C=O) groups is 4. The highest BCUT2D eigenvalue weighted by molar-refractivity contribution is 8.18. The number of hydrogen-bond donors (Lipinski definition) is 2. The van der Waals surface area contributed by atoms with Crippen LogP contribution in [0.25, 0.3) is 17.4 Å². The third kappa shape index (κ3) is 4.43. The average molecular weight is 506 g/mol. The van der Waals surface area contributed by atoms with Gasteiger partial charge in [-0.1, -0.05) is 12.1 Å². The maximum absolute atomic E-state index is 12.8. The van der Waals surface area contributed by atoms with Gasteiger partial charge in [0.15, 0.2) is 11.5 Å². The van der Waals surface area contributed by atoms with Gasteiger partial charge in [-0.05, 0) is 54.6 Å². The Morgan fingerprint density at radius 2 is 1.92 bits per heavy atom. The van der Waals surface area contributed by atoms with E-state index in [1.54, 1.807) is 49.4 Å². The average Bonchev–Trinajstić information content (AvgIpc) is 3.56. The summed E-state index contributed by atoms with van der Waals surface area (Å²) in [6.07, 6.45) is 1.42. The van der Waals surface area contributed by atoms with Gasteiger partial charge >= 0.3 is 5.97 Å². The van der Waals surface area contributed by atoms with Crippen LogP contribution in [-0.4, -0.2) is 46.4 Å². The van der Waals surface area contributed by atoms with E-state index in [0.717, 1.165) is 4.90 Å². The van der Waals surface area contributed by atoms with Crippen molar-refractivity contribution in [2.45, 2.75) is 6.92 Å². The Labute approximate surface area is 208 Å². The fourth-order valence-electron chi connectivity index (χ4n) is 3.79. The molecule has 3 amide bonds. The van der Waals surface area contributed by atoms with Gasteiger partial charge in [0.1, 0.15) is 18.1 Å². The molecule has 2 aromatic carbocycles. The number of nitrogens with zero attached hydrogens (tertiary/aromatic N) is 1. The second kappa shape index (κ2) is 9.27. The van der Waals surface area contributed by atoms with Crippen molar-refractivity contribution in [3.05, 3.63) is 70.3 Å². The molecule has 2 N–H and O–H groups in total. The quantitative estimate of drug-likeness (QED) is 0.468. The summed E-state index contributed by atoms with van der Waals surface area (Å²) in [6, 6.07) is 13.0. The Morgan fingerprint density at radius 1 is 1.11 bits per heavy atom. The summed E-state index contributed by atoms with van der Waals surface area (Å²) in [5.74, 6) is -0.430. The molecular weight excluding hydrogens is 488 g/mol. The van der Waals surface area contributed by atoms with Crippen molar-refractivity contribution in [1.82, 2.24) is 4.90 Å². The number of fused-ring (bicyclic) bond motifs is 1. The van der Waals surface area contributed by atoms with E-state index in [1.165, 1.54) is 12.1 Å². The number of carbonyl (C=O) groups excluding carboxylic acids is 3. The SMILES string of the molecule is Cc1c(C(=O)O)cccc1-c1ccc(/C=C2/SC(=O)N(CC(=O)Nc3ccc4c(c3)OCO4)C2=O)o1.